The topological polar surface area (TPSA) is 71.8 Å². The van der Waals surface area contributed by atoms with Gasteiger partial charge in [0.05, 0.1) is 5.69 Å². The lowest BCUT2D eigenvalue weighted by Crippen LogP contribution is -2.30. The summed E-state index contributed by atoms with van der Waals surface area (Å²) in [5, 5.41) is 10.4. The summed E-state index contributed by atoms with van der Waals surface area (Å²) in [6.07, 6.45) is 3.00. The van der Waals surface area contributed by atoms with E-state index in [1.807, 2.05) is 13.8 Å². The summed E-state index contributed by atoms with van der Waals surface area (Å²) in [5.41, 5.74) is 1.75. The fourth-order valence-corrected chi connectivity index (χ4v) is 2.69. The molecule has 0 aliphatic carbocycles. The van der Waals surface area contributed by atoms with Crippen molar-refractivity contribution < 1.29 is 9.18 Å². The van der Waals surface area contributed by atoms with Crippen molar-refractivity contribution in [2.75, 3.05) is 19.6 Å². The first-order valence-corrected chi connectivity index (χ1v) is 8.44. The number of rotatable bonds is 5. The van der Waals surface area contributed by atoms with Crippen LogP contribution in [0, 0.1) is 5.82 Å². The number of carbonyl (C=O) groups is 1. The molecule has 0 saturated carbocycles. The van der Waals surface area contributed by atoms with Crippen LogP contribution in [0.5, 0.6) is 0 Å². The van der Waals surface area contributed by atoms with Crippen LogP contribution in [0.1, 0.15) is 42.6 Å². The number of halogens is 1. The zero-order valence-corrected chi connectivity index (χ0v) is 14.4. The molecule has 0 atom stereocenters. The summed E-state index contributed by atoms with van der Waals surface area (Å²) >= 11 is 0. The maximum atomic E-state index is 13.5. The van der Waals surface area contributed by atoms with Crippen molar-refractivity contribution in [3.05, 3.63) is 53.4 Å². The summed E-state index contributed by atoms with van der Waals surface area (Å²) in [4.78, 5) is 16.8. The first kappa shape index (κ1) is 17.3. The van der Waals surface area contributed by atoms with E-state index in [0.29, 0.717) is 18.1 Å². The molecule has 1 aliphatic heterocycles. The molecule has 0 radical (unpaired) electrons. The van der Waals surface area contributed by atoms with Crippen LogP contribution < -0.4 is 10.6 Å². The molecule has 0 fully saturated rings. The second-order valence-corrected chi connectivity index (χ2v) is 6.34. The van der Waals surface area contributed by atoms with Crippen LogP contribution in [0.2, 0.25) is 0 Å². The van der Waals surface area contributed by atoms with E-state index in [2.05, 4.69) is 26.8 Å². The third-order valence-electron chi connectivity index (χ3n) is 4.04. The summed E-state index contributed by atoms with van der Waals surface area (Å²) < 4.78 is 15.1. The van der Waals surface area contributed by atoms with Gasteiger partial charge in [-0.3, -0.25) is 4.79 Å². The molecule has 25 heavy (non-hydrogen) atoms. The highest BCUT2D eigenvalue weighted by molar-refractivity contribution is 5.90. The van der Waals surface area contributed by atoms with Gasteiger partial charge in [0.2, 0.25) is 5.82 Å². The first-order valence-electron chi connectivity index (χ1n) is 8.44. The standard InChI is InChI=1S/C18H22FN5O/c1-12(2)17-22-16(18(25)21-11-13-6-8-20-9-7-13)23-24(17)15-5-3-4-14(19)10-15/h3-6,10,12,20H,7-9,11H2,1-2H3,(H,21,25). The van der Waals surface area contributed by atoms with Gasteiger partial charge >= 0.3 is 0 Å². The number of benzene rings is 1. The van der Waals surface area contributed by atoms with Crippen LogP contribution in [0.15, 0.2) is 35.9 Å². The van der Waals surface area contributed by atoms with Crippen molar-refractivity contribution >= 4 is 5.91 Å². The Kier molecular flexibility index (Phi) is 5.23. The van der Waals surface area contributed by atoms with Crippen molar-refractivity contribution in [1.82, 2.24) is 25.4 Å². The van der Waals surface area contributed by atoms with Gasteiger partial charge in [-0.2, -0.15) is 0 Å². The highest BCUT2D eigenvalue weighted by Gasteiger charge is 2.19. The smallest absolute Gasteiger partial charge is 0.291 e. The van der Waals surface area contributed by atoms with E-state index in [1.165, 1.54) is 22.4 Å². The minimum Gasteiger partial charge on any atom is -0.346 e. The normalized spacial score (nSPS) is 14.5. The van der Waals surface area contributed by atoms with Gasteiger partial charge in [-0.05, 0) is 31.2 Å². The van der Waals surface area contributed by atoms with Gasteiger partial charge in [0.1, 0.15) is 11.6 Å². The summed E-state index contributed by atoms with van der Waals surface area (Å²) in [5.74, 6) is 0.0896. The van der Waals surface area contributed by atoms with Crippen molar-refractivity contribution in [3.63, 3.8) is 0 Å². The average Bonchev–Trinajstić information content (AvgIpc) is 3.06. The van der Waals surface area contributed by atoms with E-state index in [4.69, 9.17) is 0 Å². The molecule has 132 valence electrons. The molecule has 7 heteroatoms. The molecule has 2 N–H and O–H groups in total. The lowest BCUT2D eigenvalue weighted by molar-refractivity contribution is 0.0946. The Bertz CT molecular complexity index is 797. The fraction of sp³-hybridized carbons (Fsp3) is 0.389. The molecule has 1 aromatic carbocycles. The third-order valence-corrected chi connectivity index (χ3v) is 4.04. The van der Waals surface area contributed by atoms with Crippen molar-refractivity contribution in [1.29, 1.82) is 0 Å². The number of carbonyl (C=O) groups excluding carboxylic acids is 1. The van der Waals surface area contributed by atoms with Crippen LogP contribution in [0.4, 0.5) is 4.39 Å². The van der Waals surface area contributed by atoms with Gasteiger partial charge in [0.15, 0.2) is 0 Å². The highest BCUT2D eigenvalue weighted by atomic mass is 19.1. The van der Waals surface area contributed by atoms with Gasteiger partial charge in [0.25, 0.3) is 5.91 Å². The molecule has 0 unspecified atom stereocenters. The van der Waals surface area contributed by atoms with E-state index >= 15 is 0 Å². The van der Waals surface area contributed by atoms with E-state index in [9.17, 15) is 9.18 Å². The Morgan fingerprint density at radius 1 is 1.44 bits per heavy atom. The van der Waals surface area contributed by atoms with Crippen molar-refractivity contribution in [2.45, 2.75) is 26.2 Å². The van der Waals surface area contributed by atoms with Crippen LogP contribution in [0.3, 0.4) is 0 Å². The van der Waals surface area contributed by atoms with E-state index in [-0.39, 0.29) is 23.5 Å². The van der Waals surface area contributed by atoms with Gasteiger partial charge in [0, 0.05) is 19.0 Å². The van der Waals surface area contributed by atoms with E-state index < -0.39 is 0 Å². The zero-order chi connectivity index (χ0) is 17.8. The molecular formula is C18H22FN5O. The Labute approximate surface area is 146 Å². The maximum absolute atomic E-state index is 13.5. The fourth-order valence-electron chi connectivity index (χ4n) is 2.69. The van der Waals surface area contributed by atoms with E-state index in [1.54, 1.807) is 12.1 Å². The predicted octanol–water partition coefficient (Wildman–Crippen LogP) is 2.18. The second-order valence-electron chi connectivity index (χ2n) is 6.34. The Balaban J connectivity index is 1.81. The maximum Gasteiger partial charge on any atom is 0.291 e. The third kappa shape index (κ3) is 4.11. The average molecular weight is 343 g/mol. The molecule has 6 nitrogen and oxygen atoms in total. The first-order chi connectivity index (χ1) is 12.0. The van der Waals surface area contributed by atoms with Crippen molar-refractivity contribution in [3.8, 4) is 5.69 Å². The number of hydrogen-bond acceptors (Lipinski definition) is 4. The molecular weight excluding hydrogens is 321 g/mol. The molecule has 2 aromatic rings. The predicted molar refractivity (Wildman–Crippen MR) is 93.3 cm³/mol. The molecule has 2 heterocycles. The molecule has 1 aromatic heterocycles. The SMILES string of the molecule is CC(C)c1nc(C(=O)NCC2=CCNCC2)nn1-c1cccc(F)c1. The lowest BCUT2D eigenvalue weighted by atomic mass is 10.1. The van der Waals surface area contributed by atoms with Gasteiger partial charge in [-0.25, -0.2) is 14.1 Å². The Hall–Kier alpha value is -2.54. The van der Waals surface area contributed by atoms with Crippen molar-refractivity contribution in [2.24, 2.45) is 0 Å². The van der Waals surface area contributed by atoms with Gasteiger partial charge < -0.3 is 10.6 Å². The largest absolute Gasteiger partial charge is 0.346 e. The Morgan fingerprint density at radius 2 is 2.28 bits per heavy atom. The summed E-state index contributed by atoms with van der Waals surface area (Å²) in [6.45, 7) is 6.16. The summed E-state index contributed by atoms with van der Waals surface area (Å²) in [6, 6.07) is 6.10. The molecule has 1 aliphatic rings. The lowest BCUT2D eigenvalue weighted by Gasteiger charge is -2.13. The minimum absolute atomic E-state index is 0.0458. The number of hydrogen-bond donors (Lipinski definition) is 2. The Morgan fingerprint density at radius 3 is 2.96 bits per heavy atom. The summed E-state index contributed by atoms with van der Waals surface area (Å²) in [7, 11) is 0. The molecule has 3 rings (SSSR count). The minimum atomic E-state index is -0.355. The number of amides is 1. The quantitative estimate of drug-likeness (QED) is 0.816. The van der Waals surface area contributed by atoms with Crippen LogP contribution in [-0.4, -0.2) is 40.3 Å². The van der Waals surface area contributed by atoms with Crippen LogP contribution in [0.25, 0.3) is 5.69 Å². The molecule has 0 saturated heterocycles. The second kappa shape index (κ2) is 7.57. The van der Waals surface area contributed by atoms with E-state index in [0.717, 1.165) is 19.5 Å². The molecule has 1 amide bonds. The monoisotopic (exact) mass is 343 g/mol. The number of nitrogens with one attached hydrogen (secondary N) is 2. The van der Waals surface area contributed by atoms with Crippen LogP contribution in [-0.2, 0) is 0 Å². The van der Waals surface area contributed by atoms with Gasteiger partial charge in [-0.1, -0.05) is 31.6 Å². The van der Waals surface area contributed by atoms with Gasteiger partial charge in [-0.15, -0.1) is 5.10 Å². The number of aromatic nitrogens is 3. The molecule has 0 bridgehead atoms. The number of nitrogens with zero attached hydrogens (tertiary/aromatic N) is 3. The van der Waals surface area contributed by atoms with Crippen LogP contribution >= 0.6 is 0 Å². The highest BCUT2D eigenvalue weighted by Crippen LogP contribution is 2.18. The zero-order valence-electron chi connectivity index (χ0n) is 14.4. The molecule has 0 spiro atoms.